The lowest BCUT2D eigenvalue weighted by atomic mass is 9.98. The number of aliphatic hydroxyl groups is 1. The highest BCUT2D eigenvalue weighted by molar-refractivity contribution is 5.01. The van der Waals surface area contributed by atoms with E-state index in [0.29, 0.717) is 5.54 Å². The van der Waals surface area contributed by atoms with Crippen LogP contribution in [0.5, 0.6) is 0 Å². The molecule has 1 heterocycles. The van der Waals surface area contributed by atoms with Crippen LogP contribution in [0.2, 0.25) is 0 Å². The van der Waals surface area contributed by atoms with Crippen molar-refractivity contribution < 1.29 is 5.11 Å². The highest BCUT2D eigenvalue weighted by Crippen LogP contribution is 2.19. The fourth-order valence-corrected chi connectivity index (χ4v) is 1.96. The fraction of sp³-hybridized carbons (Fsp3) is 0.846. The molecule has 16 heavy (non-hydrogen) atoms. The summed E-state index contributed by atoms with van der Waals surface area (Å²) in [5.41, 5.74) is 0.322. The average Bonchev–Trinajstić information content (AvgIpc) is 2.30. The SMILES string of the molecule is CCC(C)(C)N1CCN(CC#CCO)CC1. The number of aliphatic hydroxyl groups excluding tert-OH is 1. The third kappa shape index (κ3) is 3.79. The highest BCUT2D eigenvalue weighted by atomic mass is 16.2. The molecule has 0 atom stereocenters. The molecule has 0 aliphatic carbocycles. The first kappa shape index (κ1) is 13.5. The molecular weight excluding hydrogens is 200 g/mol. The van der Waals surface area contributed by atoms with Crippen molar-refractivity contribution in [2.75, 3.05) is 39.3 Å². The van der Waals surface area contributed by atoms with Crippen LogP contribution >= 0.6 is 0 Å². The van der Waals surface area contributed by atoms with E-state index >= 15 is 0 Å². The topological polar surface area (TPSA) is 26.7 Å². The van der Waals surface area contributed by atoms with Crippen molar-refractivity contribution in [3.8, 4) is 11.8 Å². The Bertz CT molecular complexity index is 257. The largest absolute Gasteiger partial charge is 0.384 e. The first-order chi connectivity index (χ1) is 7.60. The summed E-state index contributed by atoms with van der Waals surface area (Å²) >= 11 is 0. The molecule has 0 saturated carbocycles. The molecule has 0 radical (unpaired) electrons. The van der Waals surface area contributed by atoms with Gasteiger partial charge in [-0.15, -0.1) is 0 Å². The standard InChI is InChI=1S/C13H24N2O/c1-4-13(2,3)15-10-8-14(9-11-15)7-5-6-12-16/h16H,4,7-12H2,1-3H3. The summed E-state index contributed by atoms with van der Waals surface area (Å²) in [6.07, 6.45) is 1.19. The van der Waals surface area contributed by atoms with Crippen molar-refractivity contribution in [3.05, 3.63) is 0 Å². The zero-order chi connectivity index (χ0) is 12.0. The van der Waals surface area contributed by atoms with Crippen LogP contribution in [-0.4, -0.2) is 59.8 Å². The summed E-state index contributed by atoms with van der Waals surface area (Å²) in [7, 11) is 0. The summed E-state index contributed by atoms with van der Waals surface area (Å²) in [6.45, 7) is 12.1. The minimum absolute atomic E-state index is 0.0250. The molecule has 3 nitrogen and oxygen atoms in total. The zero-order valence-corrected chi connectivity index (χ0v) is 10.8. The predicted octanol–water partition coefficient (Wildman–Crippen LogP) is 0.788. The molecule has 3 heteroatoms. The van der Waals surface area contributed by atoms with Gasteiger partial charge in [-0.05, 0) is 20.3 Å². The molecule has 0 aromatic carbocycles. The van der Waals surface area contributed by atoms with E-state index in [9.17, 15) is 0 Å². The molecular formula is C13H24N2O. The molecule has 1 rings (SSSR count). The minimum atomic E-state index is -0.0250. The van der Waals surface area contributed by atoms with Gasteiger partial charge in [-0.25, -0.2) is 0 Å². The second-order valence-electron chi connectivity index (χ2n) is 4.94. The molecule has 1 saturated heterocycles. The van der Waals surface area contributed by atoms with Gasteiger partial charge in [0.2, 0.25) is 0 Å². The predicted molar refractivity (Wildman–Crippen MR) is 67.2 cm³/mol. The summed E-state index contributed by atoms with van der Waals surface area (Å²) in [5.74, 6) is 5.68. The van der Waals surface area contributed by atoms with E-state index in [2.05, 4.69) is 42.4 Å². The molecule has 0 unspecified atom stereocenters. The molecule has 0 aromatic heterocycles. The molecule has 1 N–H and O–H groups in total. The third-order valence-corrected chi connectivity index (χ3v) is 3.60. The van der Waals surface area contributed by atoms with Crippen molar-refractivity contribution >= 4 is 0 Å². The maximum absolute atomic E-state index is 8.58. The Kier molecular flexibility index (Phi) is 5.27. The number of rotatable bonds is 3. The second-order valence-corrected chi connectivity index (χ2v) is 4.94. The van der Waals surface area contributed by atoms with Gasteiger partial charge in [0.1, 0.15) is 6.61 Å². The first-order valence-electron chi connectivity index (χ1n) is 6.14. The molecule has 0 bridgehead atoms. The third-order valence-electron chi connectivity index (χ3n) is 3.60. The molecule has 0 spiro atoms. The quantitative estimate of drug-likeness (QED) is 0.718. The second kappa shape index (κ2) is 6.24. The van der Waals surface area contributed by atoms with Crippen LogP contribution in [0, 0.1) is 11.8 Å². The van der Waals surface area contributed by atoms with Gasteiger partial charge < -0.3 is 5.11 Å². The van der Waals surface area contributed by atoms with Crippen LogP contribution < -0.4 is 0 Å². The smallest absolute Gasteiger partial charge is 0.104 e. The van der Waals surface area contributed by atoms with Crippen molar-refractivity contribution in [3.63, 3.8) is 0 Å². The van der Waals surface area contributed by atoms with Crippen LogP contribution in [0.15, 0.2) is 0 Å². The van der Waals surface area contributed by atoms with Crippen molar-refractivity contribution in [1.29, 1.82) is 0 Å². The van der Waals surface area contributed by atoms with Gasteiger partial charge in [0.05, 0.1) is 6.54 Å². The normalized spacial score (nSPS) is 19.2. The minimum Gasteiger partial charge on any atom is -0.384 e. The van der Waals surface area contributed by atoms with E-state index in [1.807, 2.05) is 0 Å². The highest BCUT2D eigenvalue weighted by Gasteiger charge is 2.27. The lowest BCUT2D eigenvalue weighted by molar-refractivity contribution is 0.0552. The van der Waals surface area contributed by atoms with E-state index in [1.54, 1.807) is 0 Å². The number of hydrogen-bond donors (Lipinski definition) is 1. The van der Waals surface area contributed by atoms with E-state index < -0.39 is 0 Å². The van der Waals surface area contributed by atoms with Crippen LogP contribution in [0.4, 0.5) is 0 Å². The van der Waals surface area contributed by atoms with Crippen LogP contribution in [0.25, 0.3) is 0 Å². The Morgan fingerprint density at radius 1 is 1.12 bits per heavy atom. The lowest BCUT2D eigenvalue weighted by Crippen LogP contribution is -2.54. The van der Waals surface area contributed by atoms with Gasteiger partial charge in [-0.2, -0.15) is 0 Å². The Labute approximate surface area is 99.4 Å². The number of hydrogen-bond acceptors (Lipinski definition) is 3. The number of nitrogens with zero attached hydrogens (tertiary/aromatic N) is 2. The van der Waals surface area contributed by atoms with Crippen LogP contribution in [-0.2, 0) is 0 Å². The van der Waals surface area contributed by atoms with Gasteiger partial charge in [-0.3, -0.25) is 9.80 Å². The van der Waals surface area contributed by atoms with E-state index in [0.717, 1.165) is 32.7 Å². The Balaban J connectivity index is 2.34. The van der Waals surface area contributed by atoms with Crippen LogP contribution in [0.3, 0.4) is 0 Å². The van der Waals surface area contributed by atoms with Gasteiger partial charge in [-0.1, -0.05) is 18.8 Å². The molecule has 0 aromatic rings. The molecule has 0 amide bonds. The maximum Gasteiger partial charge on any atom is 0.104 e. The Morgan fingerprint density at radius 2 is 1.75 bits per heavy atom. The molecule has 1 aliphatic heterocycles. The van der Waals surface area contributed by atoms with Gasteiger partial charge in [0.15, 0.2) is 0 Å². The van der Waals surface area contributed by atoms with E-state index in [-0.39, 0.29) is 6.61 Å². The summed E-state index contributed by atoms with van der Waals surface area (Å²) in [5, 5.41) is 8.58. The van der Waals surface area contributed by atoms with Crippen LogP contribution in [0.1, 0.15) is 27.2 Å². The molecule has 1 aliphatic rings. The fourth-order valence-electron chi connectivity index (χ4n) is 1.96. The van der Waals surface area contributed by atoms with Gasteiger partial charge in [0.25, 0.3) is 0 Å². The summed E-state index contributed by atoms with van der Waals surface area (Å²) < 4.78 is 0. The number of piperazine rings is 1. The van der Waals surface area contributed by atoms with Gasteiger partial charge >= 0.3 is 0 Å². The van der Waals surface area contributed by atoms with E-state index in [1.165, 1.54) is 6.42 Å². The monoisotopic (exact) mass is 224 g/mol. The zero-order valence-electron chi connectivity index (χ0n) is 10.8. The summed E-state index contributed by atoms with van der Waals surface area (Å²) in [4.78, 5) is 4.91. The van der Waals surface area contributed by atoms with Crippen molar-refractivity contribution in [2.45, 2.75) is 32.7 Å². The maximum atomic E-state index is 8.58. The Morgan fingerprint density at radius 3 is 2.25 bits per heavy atom. The van der Waals surface area contributed by atoms with Gasteiger partial charge in [0, 0.05) is 31.7 Å². The summed E-state index contributed by atoms with van der Waals surface area (Å²) in [6, 6.07) is 0. The van der Waals surface area contributed by atoms with Crippen molar-refractivity contribution in [1.82, 2.24) is 9.80 Å². The van der Waals surface area contributed by atoms with E-state index in [4.69, 9.17) is 5.11 Å². The van der Waals surface area contributed by atoms with Crippen molar-refractivity contribution in [2.24, 2.45) is 0 Å². The first-order valence-corrected chi connectivity index (χ1v) is 6.14. The Hall–Kier alpha value is -0.560. The average molecular weight is 224 g/mol. The molecule has 1 fully saturated rings. The lowest BCUT2D eigenvalue weighted by Gasteiger charge is -2.43. The molecule has 92 valence electrons.